The number of hydrogen-bond donors (Lipinski definition) is 3. The van der Waals surface area contributed by atoms with E-state index in [9.17, 15) is 5.11 Å². The molecule has 2 rings (SSSR count). The molecule has 1 aromatic rings. The van der Waals surface area contributed by atoms with E-state index in [0.717, 1.165) is 18.1 Å². The van der Waals surface area contributed by atoms with Crippen LogP contribution < -0.4 is 10.6 Å². The maximum Gasteiger partial charge on any atom is 0.191 e. The van der Waals surface area contributed by atoms with Crippen molar-refractivity contribution in [1.82, 2.24) is 10.6 Å². The Morgan fingerprint density at radius 2 is 2.00 bits per heavy atom. The summed E-state index contributed by atoms with van der Waals surface area (Å²) in [4.78, 5) is 4.52. The maximum atomic E-state index is 10.1. The summed E-state index contributed by atoms with van der Waals surface area (Å²) in [6.45, 7) is 3.33. The second-order valence-electron chi connectivity index (χ2n) is 5.69. The number of benzene rings is 1. The molecule has 0 bridgehead atoms. The van der Waals surface area contributed by atoms with Gasteiger partial charge >= 0.3 is 0 Å². The van der Waals surface area contributed by atoms with Crippen LogP contribution >= 0.6 is 0 Å². The van der Waals surface area contributed by atoms with Gasteiger partial charge in [-0.1, -0.05) is 43.2 Å². The molecule has 116 valence electrons. The Hall–Kier alpha value is -1.55. The Morgan fingerprint density at radius 3 is 2.67 bits per heavy atom. The molecule has 1 aliphatic carbocycles. The molecule has 1 aromatic carbocycles. The van der Waals surface area contributed by atoms with Crippen molar-refractivity contribution < 1.29 is 5.11 Å². The SMILES string of the molecule is CCNC(=NCC(O)Cc1ccccc1)NC1CCCC1. The van der Waals surface area contributed by atoms with Crippen molar-refractivity contribution in [2.45, 2.75) is 51.2 Å². The van der Waals surface area contributed by atoms with E-state index in [1.165, 1.54) is 25.7 Å². The lowest BCUT2D eigenvalue weighted by molar-refractivity contribution is 0.183. The Morgan fingerprint density at radius 1 is 1.29 bits per heavy atom. The first-order valence-electron chi connectivity index (χ1n) is 8.04. The van der Waals surface area contributed by atoms with Crippen LogP contribution in [0.15, 0.2) is 35.3 Å². The van der Waals surface area contributed by atoms with Gasteiger partial charge in [-0.05, 0) is 25.3 Å². The summed E-state index contributed by atoms with van der Waals surface area (Å²) in [5.74, 6) is 0.830. The monoisotopic (exact) mass is 289 g/mol. The van der Waals surface area contributed by atoms with Crippen molar-refractivity contribution in [3.05, 3.63) is 35.9 Å². The first-order chi connectivity index (χ1) is 10.3. The maximum absolute atomic E-state index is 10.1. The summed E-state index contributed by atoms with van der Waals surface area (Å²) in [7, 11) is 0. The van der Waals surface area contributed by atoms with Crippen LogP contribution in [0, 0.1) is 0 Å². The number of hydrogen-bond acceptors (Lipinski definition) is 2. The number of nitrogens with one attached hydrogen (secondary N) is 2. The van der Waals surface area contributed by atoms with E-state index in [2.05, 4.69) is 22.5 Å². The molecule has 4 nitrogen and oxygen atoms in total. The lowest BCUT2D eigenvalue weighted by atomic mass is 10.1. The van der Waals surface area contributed by atoms with Crippen molar-refractivity contribution in [1.29, 1.82) is 0 Å². The summed E-state index contributed by atoms with van der Waals surface area (Å²) in [5, 5.41) is 16.8. The first kappa shape index (κ1) is 15.8. The van der Waals surface area contributed by atoms with Crippen LogP contribution in [0.4, 0.5) is 0 Å². The Bertz CT molecular complexity index is 427. The number of aliphatic hydroxyl groups is 1. The molecule has 4 heteroatoms. The molecule has 0 heterocycles. The molecule has 1 aliphatic rings. The molecular weight excluding hydrogens is 262 g/mol. The standard InChI is InChI=1S/C17H27N3O/c1-2-18-17(20-15-10-6-7-11-15)19-13-16(21)12-14-8-4-3-5-9-14/h3-5,8-9,15-16,21H,2,6-7,10-13H2,1H3,(H2,18,19,20). The largest absolute Gasteiger partial charge is 0.391 e. The van der Waals surface area contributed by atoms with Crippen LogP contribution in [-0.2, 0) is 6.42 Å². The van der Waals surface area contributed by atoms with E-state index >= 15 is 0 Å². The van der Waals surface area contributed by atoms with Crippen molar-refractivity contribution >= 4 is 5.96 Å². The van der Waals surface area contributed by atoms with Crippen LogP contribution in [0.5, 0.6) is 0 Å². The highest BCUT2D eigenvalue weighted by molar-refractivity contribution is 5.80. The van der Waals surface area contributed by atoms with Gasteiger partial charge in [-0.15, -0.1) is 0 Å². The zero-order chi connectivity index (χ0) is 14.9. The summed E-state index contributed by atoms with van der Waals surface area (Å²) in [6.07, 6.45) is 5.24. The Kier molecular flexibility index (Phi) is 6.54. The van der Waals surface area contributed by atoms with Crippen molar-refractivity contribution in [3.63, 3.8) is 0 Å². The summed E-state index contributed by atoms with van der Waals surface area (Å²) < 4.78 is 0. The van der Waals surface area contributed by atoms with Crippen LogP contribution in [-0.4, -0.2) is 36.3 Å². The highest BCUT2D eigenvalue weighted by Crippen LogP contribution is 2.17. The van der Waals surface area contributed by atoms with Gasteiger partial charge in [-0.2, -0.15) is 0 Å². The molecule has 0 aliphatic heterocycles. The van der Waals surface area contributed by atoms with Gasteiger partial charge in [0.2, 0.25) is 0 Å². The van der Waals surface area contributed by atoms with Gasteiger partial charge in [0.05, 0.1) is 12.6 Å². The fourth-order valence-corrected chi connectivity index (χ4v) is 2.73. The minimum Gasteiger partial charge on any atom is -0.391 e. The van der Waals surface area contributed by atoms with Crippen LogP contribution in [0.3, 0.4) is 0 Å². The van der Waals surface area contributed by atoms with Crippen LogP contribution in [0.25, 0.3) is 0 Å². The van der Waals surface area contributed by atoms with Crippen molar-refractivity contribution in [2.75, 3.05) is 13.1 Å². The minimum absolute atomic E-state index is 0.428. The van der Waals surface area contributed by atoms with E-state index < -0.39 is 6.10 Å². The Balaban J connectivity index is 1.82. The third-order valence-corrected chi connectivity index (χ3v) is 3.81. The molecule has 21 heavy (non-hydrogen) atoms. The molecule has 1 fully saturated rings. The Labute approximate surface area is 127 Å². The topological polar surface area (TPSA) is 56.7 Å². The summed E-state index contributed by atoms with van der Waals surface area (Å²) in [6, 6.07) is 10.6. The molecule has 1 atom stereocenters. The summed E-state index contributed by atoms with van der Waals surface area (Å²) in [5.41, 5.74) is 1.15. The molecule has 0 spiro atoms. The molecular formula is C17H27N3O. The molecule has 0 saturated heterocycles. The predicted octanol–water partition coefficient (Wildman–Crippen LogP) is 2.09. The fraction of sp³-hybridized carbons (Fsp3) is 0.588. The van der Waals surface area contributed by atoms with E-state index in [-0.39, 0.29) is 0 Å². The molecule has 1 saturated carbocycles. The average Bonchev–Trinajstić information content (AvgIpc) is 2.99. The highest BCUT2D eigenvalue weighted by Gasteiger charge is 2.16. The van der Waals surface area contributed by atoms with Gasteiger partial charge in [-0.3, -0.25) is 4.99 Å². The molecule has 1 unspecified atom stereocenters. The molecule has 0 aromatic heterocycles. The normalized spacial score (nSPS) is 17.7. The second-order valence-corrected chi connectivity index (χ2v) is 5.69. The second kappa shape index (κ2) is 8.67. The summed E-state index contributed by atoms with van der Waals surface area (Å²) >= 11 is 0. The number of aliphatic imine (C=N–C) groups is 1. The number of aliphatic hydroxyl groups excluding tert-OH is 1. The van der Waals surface area contributed by atoms with Gasteiger partial charge in [0.15, 0.2) is 5.96 Å². The third kappa shape index (κ3) is 5.76. The lowest BCUT2D eigenvalue weighted by Gasteiger charge is -2.17. The lowest BCUT2D eigenvalue weighted by Crippen LogP contribution is -2.42. The fourth-order valence-electron chi connectivity index (χ4n) is 2.73. The van der Waals surface area contributed by atoms with Crippen LogP contribution in [0.2, 0.25) is 0 Å². The van der Waals surface area contributed by atoms with E-state index in [0.29, 0.717) is 19.0 Å². The van der Waals surface area contributed by atoms with E-state index in [4.69, 9.17) is 0 Å². The molecule has 3 N–H and O–H groups in total. The zero-order valence-corrected chi connectivity index (χ0v) is 12.9. The zero-order valence-electron chi connectivity index (χ0n) is 12.9. The molecule has 0 amide bonds. The number of guanidine groups is 1. The van der Waals surface area contributed by atoms with E-state index in [1.807, 2.05) is 30.3 Å². The van der Waals surface area contributed by atoms with Gasteiger partial charge in [-0.25, -0.2) is 0 Å². The van der Waals surface area contributed by atoms with Gasteiger partial charge in [0.25, 0.3) is 0 Å². The molecule has 0 radical (unpaired) electrons. The number of rotatable bonds is 6. The average molecular weight is 289 g/mol. The predicted molar refractivity (Wildman–Crippen MR) is 87.5 cm³/mol. The highest BCUT2D eigenvalue weighted by atomic mass is 16.3. The first-order valence-corrected chi connectivity index (χ1v) is 8.04. The smallest absolute Gasteiger partial charge is 0.191 e. The van der Waals surface area contributed by atoms with E-state index in [1.54, 1.807) is 0 Å². The van der Waals surface area contributed by atoms with Crippen LogP contribution in [0.1, 0.15) is 38.2 Å². The van der Waals surface area contributed by atoms with Crippen molar-refractivity contribution in [3.8, 4) is 0 Å². The number of nitrogens with zero attached hydrogens (tertiary/aromatic N) is 1. The van der Waals surface area contributed by atoms with Gasteiger partial charge in [0.1, 0.15) is 0 Å². The van der Waals surface area contributed by atoms with Gasteiger partial charge < -0.3 is 15.7 Å². The van der Waals surface area contributed by atoms with Gasteiger partial charge in [0, 0.05) is 19.0 Å². The minimum atomic E-state index is -0.438. The third-order valence-electron chi connectivity index (χ3n) is 3.81. The van der Waals surface area contributed by atoms with Crippen molar-refractivity contribution in [2.24, 2.45) is 4.99 Å². The quantitative estimate of drug-likeness (QED) is 0.555.